The lowest BCUT2D eigenvalue weighted by Crippen LogP contribution is -2.71. The summed E-state index contributed by atoms with van der Waals surface area (Å²) < 4.78 is 0. The number of phenolic OH excluding ortho intramolecular Hbond substituents is 1. The zero-order valence-corrected chi connectivity index (χ0v) is 19.1. The van der Waals surface area contributed by atoms with Gasteiger partial charge in [0, 0.05) is 36.5 Å². The number of nitrogens with one attached hydrogen (secondary N) is 1. The lowest BCUT2D eigenvalue weighted by Gasteiger charge is -2.23. The smallest absolute Gasteiger partial charge is 0.305 e. The van der Waals surface area contributed by atoms with Crippen LogP contribution in [0.1, 0.15) is 38.3 Å². The van der Waals surface area contributed by atoms with Crippen molar-refractivity contribution >= 4 is 23.4 Å². The van der Waals surface area contributed by atoms with E-state index in [4.69, 9.17) is 5.11 Å². The normalized spacial score (nSPS) is 11.7. The lowest BCUT2D eigenvalue weighted by molar-refractivity contribution is -0.422. The van der Waals surface area contributed by atoms with Crippen molar-refractivity contribution in [2.45, 2.75) is 32.6 Å². The van der Waals surface area contributed by atoms with Gasteiger partial charge in [0.1, 0.15) is 12.8 Å². The lowest BCUT2D eigenvalue weighted by atomic mass is 9.79. The van der Waals surface area contributed by atoms with Crippen molar-refractivity contribution in [2.24, 2.45) is 0 Å². The number of nitrogens with zero attached hydrogens (tertiary/aromatic N) is 1. The number of allylic oxidation sites excluding steroid dienone is 1. The molecule has 2 aromatic rings. The van der Waals surface area contributed by atoms with Crippen LogP contribution in [0.5, 0.6) is 5.75 Å². The molecule has 3 N–H and O–H groups in total. The molecule has 0 bridgehead atoms. The summed E-state index contributed by atoms with van der Waals surface area (Å²) in [7, 11) is 1.90. The third kappa shape index (κ3) is 7.14. The quantitative estimate of drug-likeness (QED) is 0.425. The third-order valence-electron chi connectivity index (χ3n) is 5.22. The summed E-state index contributed by atoms with van der Waals surface area (Å²) in [6, 6.07) is 15.7. The van der Waals surface area contributed by atoms with Crippen molar-refractivity contribution in [2.75, 3.05) is 25.0 Å². The minimum atomic E-state index is -0.830. The second kappa shape index (κ2) is 12.4. The highest BCUT2D eigenvalue weighted by Crippen LogP contribution is 2.28. The van der Waals surface area contributed by atoms with E-state index in [0.29, 0.717) is 18.7 Å². The molecule has 0 aliphatic rings. The number of benzene rings is 2. The van der Waals surface area contributed by atoms with E-state index < -0.39 is 5.97 Å². The summed E-state index contributed by atoms with van der Waals surface area (Å²) >= 11 is 0. The molecule has 2 aromatic carbocycles. The van der Waals surface area contributed by atoms with Gasteiger partial charge in [0.05, 0.1) is 11.8 Å². The molecule has 2 rings (SSSR count). The predicted molar refractivity (Wildman–Crippen MR) is 130 cm³/mol. The number of rotatable bonds is 9. The van der Waals surface area contributed by atoms with Crippen LogP contribution in [0.15, 0.2) is 67.8 Å². The SMILES string of the molecule is C=C.CCN(CCC(=O)O)c1ccc(/C=C/C(=[NH+]C)C(C)(C)c2ccccc2)c(O)c1. The fraction of sp³-hybridized carbons (Fsp3) is 0.308. The molecule has 31 heavy (non-hydrogen) atoms. The highest BCUT2D eigenvalue weighted by Gasteiger charge is 2.29. The van der Waals surface area contributed by atoms with Crippen LogP contribution >= 0.6 is 0 Å². The molecule has 0 aliphatic heterocycles. The number of hydrogen-bond donors (Lipinski definition) is 3. The van der Waals surface area contributed by atoms with Crippen LogP contribution in [0.2, 0.25) is 0 Å². The first-order chi connectivity index (χ1) is 14.8. The predicted octanol–water partition coefficient (Wildman–Crippen LogP) is 3.64. The van der Waals surface area contributed by atoms with E-state index in [1.807, 2.05) is 61.4 Å². The average molecular weight is 424 g/mol. The first-order valence-electron chi connectivity index (χ1n) is 10.4. The van der Waals surface area contributed by atoms with Gasteiger partial charge in [-0.2, -0.15) is 0 Å². The maximum absolute atomic E-state index is 10.8. The van der Waals surface area contributed by atoms with Crippen molar-refractivity contribution in [3.8, 4) is 5.75 Å². The summed E-state index contributed by atoms with van der Waals surface area (Å²) in [4.78, 5) is 16.1. The van der Waals surface area contributed by atoms with Gasteiger partial charge in [-0.1, -0.05) is 30.3 Å². The molecule has 0 amide bonds. The van der Waals surface area contributed by atoms with Crippen LogP contribution in [0, 0.1) is 0 Å². The van der Waals surface area contributed by atoms with Crippen LogP contribution in [0.3, 0.4) is 0 Å². The van der Waals surface area contributed by atoms with E-state index in [-0.39, 0.29) is 17.6 Å². The summed E-state index contributed by atoms with van der Waals surface area (Å²) in [5, 5.41) is 19.4. The summed E-state index contributed by atoms with van der Waals surface area (Å²) in [6.07, 6.45) is 3.94. The molecule has 0 aliphatic carbocycles. The van der Waals surface area contributed by atoms with Gasteiger partial charge in [0.2, 0.25) is 0 Å². The minimum absolute atomic E-state index is 0.0608. The van der Waals surface area contributed by atoms with Gasteiger partial charge in [0.25, 0.3) is 0 Å². The van der Waals surface area contributed by atoms with E-state index >= 15 is 0 Å². The molecular formula is C26H35N2O3+. The maximum Gasteiger partial charge on any atom is 0.305 e. The first-order valence-corrected chi connectivity index (χ1v) is 10.4. The zero-order chi connectivity index (χ0) is 23.4. The van der Waals surface area contributed by atoms with Crippen molar-refractivity contribution in [3.63, 3.8) is 0 Å². The molecular weight excluding hydrogens is 388 g/mol. The third-order valence-corrected chi connectivity index (χ3v) is 5.22. The summed E-state index contributed by atoms with van der Waals surface area (Å²) in [5.41, 5.74) is 3.54. The van der Waals surface area contributed by atoms with E-state index in [9.17, 15) is 9.90 Å². The average Bonchev–Trinajstić information content (AvgIpc) is 2.77. The summed E-state index contributed by atoms with van der Waals surface area (Å²) in [5.74, 6) is -0.663. The number of phenols is 1. The van der Waals surface area contributed by atoms with Gasteiger partial charge in [-0.3, -0.25) is 4.79 Å². The molecule has 0 atom stereocenters. The van der Waals surface area contributed by atoms with Crippen LogP contribution in [0.25, 0.3) is 6.08 Å². The zero-order valence-electron chi connectivity index (χ0n) is 19.1. The number of hydrogen-bond acceptors (Lipinski definition) is 3. The number of carboxylic acid groups (broad SMARTS) is 1. The van der Waals surface area contributed by atoms with Crippen molar-refractivity contribution in [1.29, 1.82) is 0 Å². The first kappa shape index (κ1) is 25.7. The molecule has 0 fully saturated rings. The Labute approximate surface area is 186 Å². The van der Waals surface area contributed by atoms with Crippen molar-refractivity contribution in [1.82, 2.24) is 0 Å². The van der Waals surface area contributed by atoms with E-state index in [0.717, 1.165) is 11.4 Å². The Morgan fingerprint density at radius 3 is 2.32 bits per heavy atom. The standard InChI is InChI=1S/C24H30N2O3.C2H4/c1-5-26(16-15-23(28)29)20-13-11-18(21(27)17-20)12-14-22(25-4)24(2,3)19-9-7-6-8-10-19;1-2/h6-14,17,27H,5,15-16H2,1-4H3,(H,28,29);1-2H2/p+1/b14-12+,25-22?;. The Bertz CT molecular complexity index is 902. The maximum atomic E-state index is 10.8. The molecule has 0 unspecified atom stereocenters. The van der Waals surface area contributed by atoms with Gasteiger partial charge in [0.15, 0.2) is 5.71 Å². The van der Waals surface area contributed by atoms with E-state index in [1.54, 1.807) is 6.07 Å². The second-order valence-electron chi connectivity index (χ2n) is 7.45. The Morgan fingerprint density at radius 2 is 1.81 bits per heavy atom. The van der Waals surface area contributed by atoms with Crippen LogP contribution < -0.4 is 9.89 Å². The van der Waals surface area contributed by atoms with Crippen LogP contribution in [0.4, 0.5) is 5.69 Å². The van der Waals surface area contributed by atoms with Crippen LogP contribution in [-0.4, -0.2) is 42.0 Å². The molecule has 0 saturated heterocycles. The van der Waals surface area contributed by atoms with Crippen molar-refractivity contribution in [3.05, 3.63) is 78.9 Å². The molecule has 166 valence electrons. The fourth-order valence-corrected chi connectivity index (χ4v) is 3.36. The van der Waals surface area contributed by atoms with Gasteiger partial charge in [-0.05, 0) is 44.5 Å². The molecule has 0 heterocycles. The molecule has 0 aromatic heterocycles. The van der Waals surface area contributed by atoms with Gasteiger partial charge >= 0.3 is 5.97 Å². The Morgan fingerprint density at radius 1 is 1.16 bits per heavy atom. The Kier molecular flexibility index (Phi) is 10.3. The minimum Gasteiger partial charge on any atom is -0.507 e. The molecule has 5 nitrogen and oxygen atoms in total. The monoisotopic (exact) mass is 423 g/mol. The largest absolute Gasteiger partial charge is 0.507 e. The Hall–Kier alpha value is -3.34. The van der Waals surface area contributed by atoms with Crippen LogP contribution in [-0.2, 0) is 10.2 Å². The van der Waals surface area contributed by atoms with Gasteiger partial charge in [-0.15, -0.1) is 13.2 Å². The topological polar surface area (TPSA) is 74.7 Å². The number of carboxylic acids is 1. The van der Waals surface area contributed by atoms with E-state index in [2.05, 4.69) is 44.1 Å². The summed E-state index contributed by atoms with van der Waals surface area (Å²) in [6.45, 7) is 13.4. The number of aliphatic carboxylic acids is 1. The fourth-order valence-electron chi connectivity index (χ4n) is 3.36. The molecule has 5 heteroatoms. The number of aromatic hydroxyl groups is 1. The molecule has 0 spiro atoms. The number of anilines is 1. The van der Waals surface area contributed by atoms with Crippen molar-refractivity contribution < 1.29 is 20.0 Å². The Balaban J connectivity index is 0.00000233. The highest BCUT2D eigenvalue weighted by molar-refractivity contribution is 6.01. The highest BCUT2D eigenvalue weighted by atomic mass is 16.4. The van der Waals surface area contributed by atoms with Gasteiger partial charge in [-0.25, -0.2) is 4.99 Å². The molecule has 0 radical (unpaired) electrons. The van der Waals surface area contributed by atoms with Gasteiger partial charge < -0.3 is 15.1 Å². The van der Waals surface area contributed by atoms with E-state index in [1.165, 1.54) is 5.56 Å². The number of carbonyl (C=O) groups is 1. The molecule has 0 saturated carbocycles. The second-order valence-corrected chi connectivity index (χ2v) is 7.45.